The SMILES string of the molecule is CC[C@H](Cc1ccccc1)NC(=O)Cn1ncc2c3ccccc3n(Cc3ccccc3)c2c1=O. The summed E-state index contributed by atoms with van der Waals surface area (Å²) in [5.74, 6) is -0.215. The van der Waals surface area contributed by atoms with Crippen molar-refractivity contribution < 1.29 is 4.79 Å². The van der Waals surface area contributed by atoms with E-state index in [-0.39, 0.29) is 24.1 Å². The molecule has 0 aliphatic carbocycles. The first-order valence-corrected chi connectivity index (χ1v) is 12.0. The molecule has 0 unspecified atom stereocenters. The van der Waals surface area contributed by atoms with Gasteiger partial charge in [-0.05, 0) is 30.0 Å². The van der Waals surface area contributed by atoms with E-state index < -0.39 is 0 Å². The second kappa shape index (κ2) is 9.97. The van der Waals surface area contributed by atoms with Crippen LogP contribution >= 0.6 is 0 Å². The van der Waals surface area contributed by atoms with Gasteiger partial charge in [0.1, 0.15) is 12.1 Å². The zero-order valence-corrected chi connectivity index (χ0v) is 19.7. The zero-order chi connectivity index (χ0) is 24.2. The summed E-state index contributed by atoms with van der Waals surface area (Å²) < 4.78 is 3.30. The fourth-order valence-corrected chi connectivity index (χ4v) is 4.64. The third kappa shape index (κ3) is 4.73. The van der Waals surface area contributed by atoms with Crippen LogP contribution in [0.1, 0.15) is 24.5 Å². The summed E-state index contributed by atoms with van der Waals surface area (Å²) in [7, 11) is 0. The second-order valence-corrected chi connectivity index (χ2v) is 8.82. The first-order chi connectivity index (χ1) is 17.1. The van der Waals surface area contributed by atoms with Crippen molar-refractivity contribution in [2.45, 2.75) is 38.9 Å². The smallest absolute Gasteiger partial charge is 0.291 e. The van der Waals surface area contributed by atoms with Crippen LogP contribution in [-0.4, -0.2) is 26.3 Å². The van der Waals surface area contributed by atoms with Crippen LogP contribution in [0.4, 0.5) is 0 Å². The van der Waals surface area contributed by atoms with E-state index in [0.717, 1.165) is 34.7 Å². The van der Waals surface area contributed by atoms with Crippen LogP contribution < -0.4 is 10.9 Å². The van der Waals surface area contributed by atoms with Crippen molar-refractivity contribution in [3.8, 4) is 0 Å². The maximum atomic E-state index is 13.6. The van der Waals surface area contributed by atoms with Crippen LogP contribution in [0.2, 0.25) is 0 Å². The van der Waals surface area contributed by atoms with Crippen LogP contribution in [0.3, 0.4) is 0 Å². The number of carbonyl (C=O) groups excluding carboxylic acids is 1. The molecular weight excluding hydrogens is 436 g/mol. The van der Waals surface area contributed by atoms with Crippen molar-refractivity contribution in [3.05, 3.63) is 113 Å². The lowest BCUT2D eigenvalue weighted by Crippen LogP contribution is -2.40. The summed E-state index contributed by atoms with van der Waals surface area (Å²) in [6.07, 6.45) is 3.25. The molecule has 0 aliphatic rings. The Balaban J connectivity index is 1.46. The molecule has 0 saturated heterocycles. The van der Waals surface area contributed by atoms with Crippen molar-refractivity contribution in [1.29, 1.82) is 0 Å². The van der Waals surface area contributed by atoms with Crippen molar-refractivity contribution in [3.63, 3.8) is 0 Å². The van der Waals surface area contributed by atoms with E-state index in [9.17, 15) is 9.59 Å². The summed E-state index contributed by atoms with van der Waals surface area (Å²) in [4.78, 5) is 26.5. The van der Waals surface area contributed by atoms with Gasteiger partial charge in [-0.1, -0.05) is 85.8 Å². The lowest BCUT2D eigenvalue weighted by Gasteiger charge is -2.17. The Morgan fingerprint density at radius 1 is 0.886 bits per heavy atom. The molecule has 0 spiro atoms. The highest BCUT2D eigenvalue weighted by molar-refractivity contribution is 6.07. The normalized spacial score (nSPS) is 12.1. The molecule has 0 aliphatic heterocycles. The Morgan fingerprint density at radius 2 is 1.54 bits per heavy atom. The molecule has 5 rings (SSSR count). The van der Waals surface area contributed by atoms with E-state index in [1.165, 1.54) is 10.2 Å². The summed E-state index contributed by atoms with van der Waals surface area (Å²) in [6.45, 7) is 2.49. The van der Waals surface area contributed by atoms with Gasteiger partial charge in [0.2, 0.25) is 5.91 Å². The number of amides is 1. The highest BCUT2D eigenvalue weighted by Gasteiger charge is 2.18. The van der Waals surface area contributed by atoms with Gasteiger partial charge < -0.3 is 9.88 Å². The maximum Gasteiger partial charge on any atom is 0.291 e. The van der Waals surface area contributed by atoms with Crippen LogP contribution in [0.15, 0.2) is 95.9 Å². The van der Waals surface area contributed by atoms with Gasteiger partial charge in [-0.15, -0.1) is 0 Å². The lowest BCUT2D eigenvalue weighted by molar-refractivity contribution is -0.122. The first kappa shape index (κ1) is 22.6. The molecule has 5 aromatic rings. The maximum absolute atomic E-state index is 13.6. The second-order valence-electron chi connectivity index (χ2n) is 8.82. The number of fused-ring (bicyclic) bond motifs is 3. The molecule has 2 heterocycles. The molecule has 3 aromatic carbocycles. The molecule has 176 valence electrons. The van der Waals surface area contributed by atoms with Crippen LogP contribution in [0, 0.1) is 0 Å². The van der Waals surface area contributed by atoms with E-state index in [2.05, 4.69) is 22.5 Å². The van der Waals surface area contributed by atoms with Crippen LogP contribution in [0.5, 0.6) is 0 Å². The van der Waals surface area contributed by atoms with Gasteiger partial charge >= 0.3 is 0 Å². The summed E-state index contributed by atoms with van der Waals surface area (Å²) >= 11 is 0. The van der Waals surface area contributed by atoms with Gasteiger partial charge in [-0.3, -0.25) is 9.59 Å². The van der Waals surface area contributed by atoms with E-state index in [1.54, 1.807) is 6.20 Å². The van der Waals surface area contributed by atoms with Crippen molar-refractivity contribution in [2.75, 3.05) is 0 Å². The van der Waals surface area contributed by atoms with Crippen LogP contribution in [-0.2, 0) is 24.3 Å². The minimum atomic E-state index is -0.263. The summed E-state index contributed by atoms with van der Waals surface area (Å²) in [5, 5.41) is 9.22. The molecule has 1 amide bonds. The van der Waals surface area contributed by atoms with E-state index >= 15 is 0 Å². The van der Waals surface area contributed by atoms with Crippen molar-refractivity contribution in [1.82, 2.24) is 19.7 Å². The molecule has 2 aromatic heterocycles. The van der Waals surface area contributed by atoms with E-state index in [1.807, 2.05) is 84.3 Å². The van der Waals surface area contributed by atoms with E-state index in [4.69, 9.17) is 0 Å². The molecule has 0 radical (unpaired) electrons. The number of carbonyl (C=O) groups is 1. The zero-order valence-electron chi connectivity index (χ0n) is 19.7. The van der Waals surface area contributed by atoms with Gasteiger partial charge in [0.05, 0.1) is 6.20 Å². The van der Waals surface area contributed by atoms with Gasteiger partial charge in [0, 0.05) is 28.9 Å². The van der Waals surface area contributed by atoms with Gasteiger partial charge in [0.25, 0.3) is 5.56 Å². The van der Waals surface area contributed by atoms with Gasteiger partial charge in [-0.25, -0.2) is 4.68 Å². The predicted molar refractivity (Wildman–Crippen MR) is 139 cm³/mol. The Hall–Kier alpha value is -4.19. The first-order valence-electron chi connectivity index (χ1n) is 12.0. The number of nitrogens with one attached hydrogen (secondary N) is 1. The minimum absolute atomic E-state index is 0.00568. The third-order valence-electron chi connectivity index (χ3n) is 6.43. The molecule has 0 bridgehead atoms. The monoisotopic (exact) mass is 464 g/mol. The average molecular weight is 465 g/mol. The molecule has 1 N–H and O–H groups in total. The number of benzene rings is 3. The highest BCUT2D eigenvalue weighted by Crippen LogP contribution is 2.27. The Kier molecular flexibility index (Phi) is 6.44. The van der Waals surface area contributed by atoms with Crippen molar-refractivity contribution in [2.24, 2.45) is 0 Å². The number of rotatable bonds is 8. The average Bonchev–Trinajstić information content (AvgIpc) is 3.20. The standard InChI is InChI=1S/C29H28N4O2/c1-2-23(17-21-11-5-3-6-12-21)31-27(34)20-33-29(35)28-25(18-30-33)24-15-9-10-16-26(24)32(28)19-22-13-7-4-8-14-22/h3-16,18,23H,2,17,19-20H2,1H3,(H,31,34)/t23-/m1/s1. The number of hydrogen-bond acceptors (Lipinski definition) is 3. The van der Waals surface area contributed by atoms with Crippen LogP contribution in [0.25, 0.3) is 21.8 Å². The molecule has 1 atom stereocenters. The summed E-state index contributed by atoms with van der Waals surface area (Å²) in [6, 6.07) is 28.1. The minimum Gasteiger partial charge on any atom is -0.351 e. The topological polar surface area (TPSA) is 68.9 Å². The van der Waals surface area contributed by atoms with E-state index in [0.29, 0.717) is 12.1 Å². The fourth-order valence-electron chi connectivity index (χ4n) is 4.64. The number of aromatic nitrogens is 3. The summed E-state index contributed by atoms with van der Waals surface area (Å²) in [5.41, 5.74) is 3.54. The quantitative estimate of drug-likeness (QED) is 0.367. The molecule has 6 nitrogen and oxygen atoms in total. The fraction of sp³-hybridized carbons (Fsp3) is 0.207. The Morgan fingerprint density at radius 3 is 2.26 bits per heavy atom. The molecule has 6 heteroatoms. The molecular formula is C29H28N4O2. The predicted octanol–water partition coefficient (Wildman–Crippen LogP) is 4.54. The molecule has 0 fully saturated rings. The lowest BCUT2D eigenvalue weighted by atomic mass is 10.0. The number of nitrogens with zero attached hydrogens (tertiary/aromatic N) is 3. The van der Waals surface area contributed by atoms with Crippen molar-refractivity contribution >= 4 is 27.7 Å². The third-order valence-corrected chi connectivity index (χ3v) is 6.43. The Labute approximate surface area is 203 Å². The molecule has 35 heavy (non-hydrogen) atoms. The molecule has 0 saturated carbocycles. The van der Waals surface area contributed by atoms with Gasteiger partial charge in [0.15, 0.2) is 0 Å². The largest absolute Gasteiger partial charge is 0.351 e. The number of hydrogen-bond donors (Lipinski definition) is 1. The number of para-hydroxylation sites is 1. The highest BCUT2D eigenvalue weighted by atomic mass is 16.2. The van der Waals surface area contributed by atoms with Gasteiger partial charge in [-0.2, -0.15) is 5.10 Å². The Bertz CT molecular complexity index is 1520.